The van der Waals surface area contributed by atoms with Crippen LogP contribution in [-0.4, -0.2) is 43.8 Å². The summed E-state index contributed by atoms with van der Waals surface area (Å²) in [6.07, 6.45) is -1.48. The summed E-state index contributed by atoms with van der Waals surface area (Å²) < 4.78 is 36.8. The largest absolute Gasteiger partial charge is 0.389 e. The second-order valence-electron chi connectivity index (χ2n) is 5.45. The fourth-order valence-electron chi connectivity index (χ4n) is 3.02. The molecule has 0 bridgehead atoms. The third-order valence-electron chi connectivity index (χ3n) is 3.81. The maximum Gasteiger partial charge on any atom is 0.389 e. The zero-order valence-electron chi connectivity index (χ0n) is 10.1. The Hall–Kier alpha value is -0.290. The number of piperidine rings is 1. The maximum absolute atomic E-state index is 12.3. The lowest BCUT2D eigenvalue weighted by atomic mass is 9.99. The molecule has 0 radical (unpaired) electrons. The summed E-state index contributed by atoms with van der Waals surface area (Å²) in [6.45, 7) is 4.57. The highest BCUT2D eigenvalue weighted by Crippen LogP contribution is 2.30. The van der Waals surface area contributed by atoms with Gasteiger partial charge in [-0.15, -0.1) is 0 Å². The van der Waals surface area contributed by atoms with Crippen LogP contribution in [0, 0.1) is 11.8 Å². The van der Waals surface area contributed by atoms with Crippen LogP contribution in [0.4, 0.5) is 13.2 Å². The van der Waals surface area contributed by atoms with Gasteiger partial charge in [0.15, 0.2) is 0 Å². The minimum absolute atomic E-state index is 0.174. The number of nitrogens with one attached hydrogen (secondary N) is 1. The van der Waals surface area contributed by atoms with Gasteiger partial charge in [0.1, 0.15) is 0 Å². The minimum atomic E-state index is -3.99. The number of hydrogen-bond donors (Lipinski definition) is 1. The lowest BCUT2D eigenvalue weighted by Gasteiger charge is -2.27. The van der Waals surface area contributed by atoms with Crippen LogP contribution in [0.3, 0.4) is 0 Å². The van der Waals surface area contributed by atoms with Gasteiger partial charge in [0.25, 0.3) is 0 Å². The first-order valence-corrected chi connectivity index (χ1v) is 6.53. The first-order chi connectivity index (χ1) is 8.03. The predicted molar refractivity (Wildman–Crippen MR) is 60.8 cm³/mol. The van der Waals surface area contributed by atoms with Crippen molar-refractivity contribution in [3.63, 3.8) is 0 Å². The second-order valence-corrected chi connectivity index (χ2v) is 5.45. The molecule has 2 rings (SSSR count). The summed E-state index contributed by atoms with van der Waals surface area (Å²) in [4.78, 5) is 2.22. The Balaban J connectivity index is 1.70. The Morgan fingerprint density at radius 1 is 1.18 bits per heavy atom. The van der Waals surface area contributed by atoms with E-state index in [1.807, 2.05) is 0 Å². The Bertz CT molecular complexity index is 236. The zero-order chi connectivity index (χ0) is 12.3. The van der Waals surface area contributed by atoms with E-state index in [4.69, 9.17) is 0 Å². The topological polar surface area (TPSA) is 15.3 Å². The van der Waals surface area contributed by atoms with E-state index in [0.717, 1.165) is 26.2 Å². The first-order valence-electron chi connectivity index (χ1n) is 6.53. The second kappa shape index (κ2) is 5.57. The van der Waals surface area contributed by atoms with E-state index in [1.54, 1.807) is 0 Å². The SMILES string of the molecule is FC(F)(F)CC1CCN(CC2CCCNC2)C1. The van der Waals surface area contributed by atoms with E-state index in [2.05, 4.69) is 10.2 Å². The Kier molecular flexibility index (Phi) is 4.31. The van der Waals surface area contributed by atoms with E-state index in [-0.39, 0.29) is 5.92 Å². The van der Waals surface area contributed by atoms with Gasteiger partial charge in [-0.3, -0.25) is 0 Å². The van der Waals surface area contributed by atoms with Crippen LogP contribution < -0.4 is 5.32 Å². The number of alkyl halides is 3. The number of rotatable bonds is 3. The van der Waals surface area contributed by atoms with Gasteiger partial charge in [-0.1, -0.05) is 0 Å². The van der Waals surface area contributed by atoms with Crippen molar-refractivity contribution in [3.8, 4) is 0 Å². The van der Waals surface area contributed by atoms with Crippen molar-refractivity contribution >= 4 is 0 Å². The molecule has 2 aliphatic rings. The molecule has 5 heteroatoms. The molecule has 17 heavy (non-hydrogen) atoms. The molecule has 0 aliphatic carbocycles. The molecule has 0 spiro atoms. The van der Waals surface area contributed by atoms with Crippen molar-refractivity contribution in [2.45, 2.75) is 31.9 Å². The van der Waals surface area contributed by atoms with Crippen molar-refractivity contribution in [1.29, 1.82) is 0 Å². The molecular formula is C12H21F3N2. The van der Waals surface area contributed by atoms with E-state index in [0.29, 0.717) is 18.9 Å². The highest BCUT2D eigenvalue weighted by atomic mass is 19.4. The summed E-state index contributed by atoms with van der Waals surface area (Å²) in [6, 6.07) is 0. The average Bonchev–Trinajstić information content (AvgIpc) is 2.64. The van der Waals surface area contributed by atoms with Crippen molar-refractivity contribution in [2.75, 3.05) is 32.7 Å². The summed E-state index contributed by atoms with van der Waals surface area (Å²) >= 11 is 0. The van der Waals surface area contributed by atoms with Gasteiger partial charge in [-0.2, -0.15) is 13.2 Å². The number of likely N-dealkylation sites (tertiary alicyclic amines) is 1. The molecule has 0 aromatic rings. The zero-order valence-corrected chi connectivity index (χ0v) is 10.1. The lowest BCUT2D eigenvalue weighted by molar-refractivity contribution is -0.143. The van der Waals surface area contributed by atoms with Gasteiger partial charge in [0.05, 0.1) is 0 Å². The van der Waals surface area contributed by atoms with Crippen molar-refractivity contribution in [2.24, 2.45) is 11.8 Å². The molecule has 2 nitrogen and oxygen atoms in total. The molecule has 2 aliphatic heterocycles. The summed E-state index contributed by atoms with van der Waals surface area (Å²) in [5, 5.41) is 3.35. The molecule has 2 heterocycles. The normalized spacial score (nSPS) is 31.9. The van der Waals surface area contributed by atoms with Crippen LogP contribution in [0.5, 0.6) is 0 Å². The summed E-state index contributed by atoms with van der Waals surface area (Å²) in [5.41, 5.74) is 0. The maximum atomic E-state index is 12.3. The van der Waals surface area contributed by atoms with E-state index in [9.17, 15) is 13.2 Å². The molecule has 0 aromatic heterocycles. The molecule has 2 saturated heterocycles. The predicted octanol–water partition coefficient (Wildman–Crippen LogP) is 2.26. The Labute approximate surface area is 101 Å². The fourth-order valence-corrected chi connectivity index (χ4v) is 3.02. The number of hydrogen-bond acceptors (Lipinski definition) is 2. The standard InChI is InChI=1S/C12H21F3N2/c13-12(14,15)6-10-3-5-17(8-10)9-11-2-1-4-16-7-11/h10-11,16H,1-9H2. The molecule has 0 saturated carbocycles. The number of halogens is 3. The third-order valence-corrected chi connectivity index (χ3v) is 3.81. The molecule has 100 valence electrons. The van der Waals surface area contributed by atoms with E-state index < -0.39 is 12.6 Å². The summed E-state index contributed by atoms with van der Waals surface area (Å²) in [5.74, 6) is 0.458. The van der Waals surface area contributed by atoms with Crippen LogP contribution in [0.1, 0.15) is 25.7 Å². The van der Waals surface area contributed by atoms with Crippen LogP contribution >= 0.6 is 0 Å². The molecule has 0 aromatic carbocycles. The fraction of sp³-hybridized carbons (Fsp3) is 1.00. The van der Waals surface area contributed by atoms with Gasteiger partial charge in [0.2, 0.25) is 0 Å². The Morgan fingerprint density at radius 2 is 2.00 bits per heavy atom. The van der Waals surface area contributed by atoms with Crippen LogP contribution in [-0.2, 0) is 0 Å². The van der Waals surface area contributed by atoms with Crippen LogP contribution in [0.2, 0.25) is 0 Å². The van der Waals surface area contributed by atoms with Crippen molar-refractivity contribution < 1.29 is 13.2 Å². The Morgan fingerprint density at radius 3 is 2.65 bits per heavy atom. The molecule has 2 unspecified atom stereocenters. The van der Waals surface area contributed by atoms with Crippen LogP contribution in [0.25, 0.3) is 0 Å². The molecular weight excluding hydrogens is 229 g/mol. The van der Waals surface area contributed by atoms with Gasteiger partial charge in [0, 0.05) is 19.5 Å². The molecule has 2 fully saturated rings. The quantitative estimate of drug-likeness (QED) is 0.826. The highest BCUT2D eigenvalue weighted by molar-refractivity contribution is 4.81. The van der Waals surface area contributed by atoms with Crippen LogP contribution in [0.15, 0.2) is 0 Å². The van der Waals surface area contributed by atoms with Gasteiger partial charge in [-0.05, 0) is 50.7 Å². The highest BCUT2D eigenvalue weighted by Gasteiger charge is 2.35. The lowest BCUT2D eigenvalue weighted by Crippen LogP contribution is -2.37. The average molecular weight is 250 g/mol. The van der Waals surface area contributed by atoms with E-state index >= 15 is 0 Å². The minimum Gasteiger partial charge on any atom is -0.316 e. The number of nitrogens with zero attached hydrogens (tertiary/aromatic N) is 1. The van der Waals surface area contributed by atoms with E-state index in [1.165, 1.54) is 12.8 Å². The smallest absolute Gasteiger partial charge is 0.316 e. The first kappa shape index (κ1) is 13.1. The van der Waals surface area contributed by atoms with Gasteiger partial charge >= 0.3 is 6.18 Å². The molecule has 1 N–H and O–H groups in total. The third kappa shape index (κ3) is 4.47. The monoisotopic (exact) mass is 250 g/mol. The van der Waals surface area contributed by atoms with Crippen molar-refractivity contribution in [1.82, 2.24) is 10.2 Å². The van der Waals surface area contributed by atoms with Gasteiger partial charge < -0.3 is 10.2 Å². The van der Waals surface area contributed by atoms with Crippen molar-refractivity contribution in [3.05, 3.63) is 0 Å². The van der Waals surface area contributed by atoms with Gasteiger partial charge in [-0.25, -0.2) is 0 Å². The molecule has 2 atom stereocenters. The summed E-state index contributed by atoms with van der Waals surface area (Å²) in [7, 11) is 0. The molecule has 0 amide bonds.